The number of nitrogens with one attached hydrogen (secondary N) is 1. The third kappa shape index (κ3) is 5.33. The number of amides is 1. The van der Waals surface area contributed by atoms with Crippen molar-refractivity contribution in [3.63, 3.8) is 0 Å². The van der Waals surface area contributed by atoms with Gasteiger partial charge in [-0.2, -0.15) is 0 Å². The summed E-state index contributed by atoms with van der Waals surface area (Å²) < 4.78 is 0. The summed E-state index contributed by atoms with van der Waals surface area (Å²) in [5.41, 5.74) is 1.85. The average Bonchev–Trinajstić information content (AvgIpc) is 2.69. The molecule has 1 aliphatic rings. The molecule has 0 unspecified atom stereocenters. The van der Waals surface area contributed by atoms with Crippen LogP contribution in [0.15, 0.2) is 54.6 Å². The number of carbonyl (C=O) groups is 2. The zero-order chi connectivity index (χ0) is 19.9. The molecule has 0 aliphatic carbocycles. The first kappa shape index (κ1) is 19.9. The van der Waals surface area contributed by atoms with Gasteiger partial charge in [0.2, 0.25) is 5.91 Å². The van der Waals surface area contributed by atoms with Crippen molar-refractivity contribution in [2.75, 3.05) is 37.6 Å². The van der Waals surface area contributed by atoms with Crippen LogP contribution in [0.5, 0.6) is 5.75 Å². The number of Topliss-reactive ketones (excluding diaryl/α,β-unsaturated/α-hetero) is 1. The van der Waals surface area contributed by atoms with Crippen LogP contribution in [0.1, 0.15) is 12.5 Å². The molecule has 0 aromatic heterocycles. The number of carbonyl (C=O) groups excluding carboxylic acids is 2. The highest BCUT2D eigenvalue weighted by molar-refractivity contribution is 5.88. The maximum Gasteiger partial charge on any atom is 0.234 e. The van der Waals surface area contributed by atoms with Crippen LogP contribution in [0.25, 0.3) is 0 Å². The summed E-state index contributed by atoms with van der Waals surface area (Å²) in [7, 11) is 0. The minimum Gasteiger partial charge on any atom is -0.506 e. The number of para-hydroxylation sites is 2. The molecule has 1 amide bonds. The smallest absolute Gasteiger partial charge is 0.234 e. The molecule has 1 heterocycles. The minimum atomic E-state index is -0.502. The van der Waals surface area contributed by atoms with Crippen LogP contribution in [0.3, 0.4) is 0 Å². The van der Waals surface area contributed by atoms with E-state index in [0.717, 1.165) is 37.4 Å². The number of ketones is 1. The summed E-state index contributed by atoms with van der Waals surface area (Å²) >= 11 is 0. The van der Waals surface area contributed by atoms with Crippen LogP contribution >= 0.6 is 0 Å². The molecule has 0 bridgehead atoms. The Morgan fingerprint density at radius 2 is 1.64 bits per heavy atom. The maximum atomic E-state index is 12.5. The summed E-state index contributed by atoms with van der Waals surface area (Å²) in [6.07, 6.45) is 0.503. The highest BCUT2D eigenvalue weighted by atomic mass is 16.3. The number of anilines is 1. The molecular weight excluding hydrogens is 354 g/mol. The number of phenolic OH excluding ortho intramolecular Hbond substituents is 1. The number of piperazine rings is 1. The van der Waals surface area contributed by atoms with Gasteiger partial charge in [0.15, 0.2) is 5.78 Å². The Labute approximate surface area is 165 Å². The molecule has 0 spiro atoms. The van der Waals surface area contributed by atoms with Gasteiger partial charge in [0.1, 0.15) is 5.75 Å². The molecule has 0 saturated carbocycles. The summed E-state index contributed by atoms with van der Waals surface area (Å²) in [4.78, 5) is 28.6. The number of aromatic hydroxyl groups is 1. The molecule has 28 heavy (non-hydrogen) atoms. The maximum absolute atomic E-state index is 12.5. The van der Waals surface area contributed by atoms with Crippen molar-refractivity contribution in [2.45, 2.75) is 19.4 Å². The Morgan fingerprint density at radius 1 is 1.00 bits per heavy atom. The van der Waals surface area contributed by atoms with Crippen LogP contribution in [0.4, 0.5) is 5.69 Å². The molecule has 0 radical (unpaired) electrons. The van der Waals surface area contributed by atoms with E-state index < -0.39 is 6.04 Å². The van der Waals surface area contributed by atoms with Crippen molar-refractivity contribution < 1.29 is 14.7 Å². The van der Waals surface area contributed by atoms with Crippen molar-refractivity contribution >= 4 is 17.4 Å². The fourth-order valence-electron chi connectivity index (χ4n) is 3.47. The Hall–Kier alpha value is -2.86. The van der Waals surface area contributed by atoms with E-state index in [0.29, 0.717) is 6.42 Å². The van der Waals surface area contributed by atoms with E-state index in [-0.39, 0.29) is 24.0 Å². The summed E-state index contributed by atoms with van der Waals surface area (Å²) in [6, 6.07) is 16.5. The first-order chi connectivity index (χ1) is 13.5. The van der Waals surface area contributed by atoms with Gasteiger partial charge in [0.25, 0.3) is 0 Å². The second-order valence-electron chi connectivity index (χ2n) is 7.17. The topological polar surface area (TPSA) is 72.9 Å². The first-order valence-electron chi connectivity index (χ1n) is 9.62. The van der Waals surface area contributed by atoms with Crippen LogP contribution in [-0.2, 0) is 16.0 Å². The van der Waals surface area contributed by atoms with E-state index in [1.807, 2.05) is 42.5 Å². The van der Waals surface area contributed by atoms with Crippen molar-refractivity contribution in [3.05, 3.63) is 60.2 Å². The normalized spacial score (nSPS) is 15.8. The van der Waals surface area contributed by atoms with Crippen LogP contribution in [0.2, 0.25) is 0 Å². The Morgan fingerprint density at radius 3 is 2.29 bits per heavy atom. The van der Waals surface area contributed by atoms with Gasteiger partial charge in [-0.05, 0) is 31.0 Å². The second kappa shape index (κ2) is 9.37. The highest BCUT2D eigenvalue weighted by Crippen LogP contribution is 2.27. The van der Waals surface area contributed by atoms with Gasteiger partial charge in [0, 0.05) is 26.2 Å². The molecule has 2 aromatic rings. The number of phenols is 1. The van der Waals surface area contributed by atoms with Gasteiger partial charge in [-0.15, -0.1) is 0 Å². The lowest BCUT2D eigenvalue weighted by atomic mass is 10.0. The quantitative estimate of drug-likeness (QED) is 0.766. The second-order valence-corrected chi connectivity index (χ2v) is 7.17. The number of nitrogens with zero attached hydrogens (tertiary/aromatic N) is 2. The highest BCUT2D eigenvalue weighted by Gasteiger charge is 2.23. The molecule has 148 valence electrons. The minimum absolute atomic E-state index is 0.0402. The Bertz CT molecular complexity index is 802. The molecule has 1 atom stereocenters. The lowest BCUT2D eigenvalue weighted by molar-refractivity contribution is -0.127. The van der Waals surface area contributed by atoms with Crippen LogP contribution in [-0.4, -0.2) is 60.5 Å². The SMILES string of the molecule is CC(=O)[C@H](Cc1ccccc1)NC(=O)CN1CCN(c2ccccc2O)CC1. The van der Waals surface area contributed by atoms with Crippen LogP contribution in [0, 0.1) is 0 Å². The van der Waals surface area contributed by atoms with Crippen molar-refractivity contribution in [1.82, 2.24) is 10.2 Å². The number of hydrogen-bond acceptors (Lipinski definition) is 5. The fraction of sp³-hybridized carbons (Fsp3) is 0.364. The van der Waals surface area contributed by atoms with E-state index >= 15 is 0 Å². The molecule has 2 N–H and O–H groups in total. The van der Waals surface area contributed by atoms with Gasteiger partial charge in [-0.25, -0.2) is 0 Å². The van der Waals surface area contributed by atoms with Gasteiger partial charge >= 0.3 is 0 Å². The Kier molecular flexibility index (Phi) is 6.66. The van der Waals surface area contributed by atoms with E-state index in [4.69, 9.17) is 0 Å². The molecule has 6 heteroatoms. The number of rotatable bonds is 7. The van der Waals surface area contributed by atoms with Gasteiger partial charge in [0.05, 0.1) is 18.3 Å². The van der Waals surface area contributed by atoms with Crippen LogP contribution < -0.4 is 10.2 Å². The van der Waals surface area contributed by atoms with Gasteiger partial charge in [-0.1, -0.05) is 42.5 Å². The summed E-state index contributed by atoms with van der Waals surface area (Å²) in [6.45, 7) is 4.72. The predicted molar refractivity (Wildman–Crippen MR) is 110 cm³/mol. The molecule has 2 aromatic carbocycles. The monoisotopic (exact) mass is 381 g/mol. The molecule has 1 fully saturated rings. The fourth-order valence-corrected chi connectivity index (χ4v) is 3.47. The number of benzene rings is 2. The lowest BCUT2D eigenvalue weighted by Crippen LogP contribution is -2.51. The van der Waals surface area contributed by atoms with Gasteiger partial charge in [-0.3, -0.25) is 14.5 Å². The molecule has 3 rings (SSSR count). The molecule has 1 saturated heterocycles. The zero-order valence-corrected chi connectivity index (χ0v) is 16.2. The summed E-state index contributed by atoms with van der Waals surface area (Å²) in [5.74, 6) is 0.104. The average molecular weight is 381 g/mol. The predicted octanol–water partition coefficient (Wildman–Crippen LogP) is 1.83. The standard InChI is InChI=1S/C22H27N3O3/c1-17(26)19(15-18-7-3-2-4-8-18)23-22(28)16-24-11-13-25(14-12-24)20-9-5-6-10-21(20)27/h2-10,19,27H,11-16H2,1H3,(H,23,28)/t19-/m0/s1. The number of hydrogen-bond donors (Lipinski definition) is 2. The van der Waals surface area contributed by atoms with Crippen molar-refractivity contribution in [2.24, 2.45) is 0 Å². The van der Waals surface area contributed by atoms with E-state index in [1.165, 1.54) is 6.92 Å². The van der Waals surface area contributed by atoms with Gasteiger partial charge < -0.3 is 15.3 Å². The molecule has 6 nitrogen and oxygen atoms in total. The van der Waals surface area contributed by atoms with E-state index in [2.05, 4.69) is 15.1 Å². The lowest BCUT2D eigenvalue weighted by Gasteiger charge is -2.36. The first-order valence-corrected chi connectivity index (χ1v) is 9.62. The van der Waals surface area contributed by atoms with Crippen molar-refractivity contribution in [1.29, 1.82) is 0 Å². The third-order valence-corrected chi connectivity index (χ3v) is 5.07. The third-order valence-electron chi connectivity index (χ3n) is 5.07. The summed E-state index contributed by atoms with van der Waals surface area (Å²) in [5, 5.41) is 12.9. The molecular formula is C22H27N3O3. The zero-order valence-electron chi connectivity index (χ0n) is 16.2. The van der Waals surface area contributed by atoms with E-state index in [9.17, 15) is 14.7 Å². The largest absolute Gasteiger partial charge is 0.506 e. The molecule has 1 aliphatic heterocycles. The Balaban J connectivity index is 1.49. The van der Waals surface area contributed by atoms with Crippen molar-refractivity contribution in [3.8, 4) is 5.75 Å². The van der Waals surface area contributed by atoms with E-state index in [1.54, 1.807) is 12.1 Å².